The fraction of sp³-hybridized carbons (Fsp3) is 0.261. The first-order chi connectivity index (χ1) is 70.0. The number of rotatable bonds is 27. The lowest BCUT2D eigenvalue weighted by Gasteiger charge is -2.43. The number of likely N-dealkylation sites (N-methyl/N-ethyl adjacent to an activating group) is 1. The summed E-state index contributed by atoms with van der Waals surface area (Å²) in [7, 11) is 2.10. The quantitative estimate of drug-likeness (QED) is 0.0206. The molecule has 0 aliphatic carbocycles. The van der Waals surface area contributed by atoms with Crippen molar-refractivity contribution in [3.05, 3.63) is 237 Å². The number of alkyl halides is 8. The standard InChI is InChI=1S/2C28H29ClF2N8O4.C19H11ClF2N6O2.C17H10Cl2F2N6O2/c1-36(19-15-42-16-19)18-6-9-37(10-7-18)25(40)14-38-13-21(34-27(41)22-12-32-24-3-2-8-33-39(22)24)26(35-38)20-11-17(29)4-5-23(20)43-28(30)31;29-18-3-4-23(43-28(30)31)20(14-18)26-21(34-27(41)22-15-32-24-2-1-7-33-39(22)24)16-38(35-26)17-25(40)37-8-5-19(6-9-37)36-10-12-42-13-11-36;1-2-11-4-6-16-23-9-14(28(16)27-11)18(29)25-13-8-24-26-17(13)12-7-10(20)3-5-15(12)30-19(21)22;18-8-1-2-12(29-17(20)21)9(5-8)15-10(6-23-25-15)24-16(28)11-7-22-14-4-3-13(19)26-27(11)14/h2-5,8,11-13,18-19,28H,6-7,9-10,14-16H2,1H3,(H,34,41);1-4,7,14-16,19,28H,5-6,8-13,17H2,(H,34,41);1,3-9,19H,(H,24,26)(H,25,29);1-7,17H,(H,23,25)(H,24,28). The number of carbonyl (C=O) groups is 6. The van der Waals surface area contributed by atoms with E-state index in [2.05, 4.69) is 124 Å². The number of imidazole rings is 4. The molecule has 20 rings (SSSR count). The van der Waals surface area contributed by atoms with Crippen LogP contribution in [0.5, 0.6) is 23.0 Å². The molecule has 6 N–H and O–H groups in total. The van der Waals surface area contributed by atoms with Gasteiger partial charge in [0, 0.05) is 118 Å². The molecule has 6 amide bonds. The van der Waals surface area contributed by atoms with Crippen LogP contribution in [-0.2, 0) is 32.2 Å². The number of fused-ring (bicyclic) bond motifs is 4. The lowest BCUT2D eigenvalue weighted by Crippen LogP contribution is -2.54. The van der Waals surface area contributed by atoms with Crippen molar-refractivity contribution in [2.45, 2.75) is 83.3 Å². The van der Waals surface area contributed by atoms with Gasteiger partial charge in [0.15, 0.2) is 45.4 Å². The van der Waals surface area contributed by atoms with Crippen molar-refractivity contribution in [3.63, 3.8) is 0 Å². The maximum Gasteiger partial charge on any atom is 0.387 e. The average molecular weight is 2100 g/mol. The zero-order valence-electron chi connectivity index (χ0n) is 75.4. The molecule has 750 valence electrons. The topological polar surface area (TPSA) is 433 Å². The molecule has 0 atom stereocenters. The van der Waals surface area contributed by atoms with Crippen LogP contribution in [0.3, 0.4) is 0 Å². The van der Waals surface area contributed by atoms with E-state index in [4.69, 9.17) is 83.4 Å². The molecule has 0 radical (unpaired) electrons. The second-order valence-electron chi connectivity index (χ2n) is 32.3. The molecule has 0 saturated carbocycles. The van der Waals surface area contributed by atoms with E-state index in [0.29, 0.717) is 72.6 Å². The summed E-state index contributed by atoms with van der Waals surface area (Å²) in [5.41, 5.74) is 4.68. The van der Waals surface area contributed by atoms with Gasteiger partial charge in [0.1, 0.15) is 58.3 Å². The van der Waals surface area contributed by atoms with Gasteiger partial charge in [-0.05, 0) is 160 Å². The van der Waals surface area contributed by atoms with Crippen molar-refractivity contribution in [1.82, 2.24) is 118 Å². The summed E-state index contributed by atoms with van der Waals surface area (Å²) in [6.07, 6.45) is 22.8. The maximum atomic E-state index is 13.3. The molecule has 4 aromatic carbocycles. The molecule has 40 nitrogen and oxygen atoms in total. The molecule has 0 spiro atoms. The molecule has 16 aromatic rings. The van der Waals surface area contributed by atoms with Crippen LogP contribution in [0, 0.1) is 12.3 Å². The molecule has 4 saturated heterocycles. The SMILES string of the molecule is C#Cc1ccc2ncc(C(=O)Nc3cn[nH]c3-c3cc(Cl)ccc3OC(F)F)n2n1.CN(C1CCN(C(=O)Cn2cc(NC(=O)c3cnc4cccnn34)c(-c3cc(Cl)ccc3OC(F)F)n2)CC1)C1COC1.O=C(Nc1cn(CC(=O)N2CCC(N3CCOCC3)CC2)nc1-c1cc(Cl)ccc1OC(F)F)c1cnc2cccnn12.O=C(Nc1cn[nH]c1-c1cc(Cl)ccc1OC(F)F)c1cnc2ccc(Cl)nn12. The number of terminal acetylenes is 1. The van der Waals surface area contributed by atoms with Gasteiger partial charge in [0.05, 0.1) is 104 Å². The number of anilines is 4. The first kappa shape index (κ1) is 101. The first-order valence-corrected chi connectivity index (χ1v) is 45.9. The van der Waals surface area contributed by atoms with Gasteiger partial charge >= 0.3 is 26.4 Å². The van der Waals surface area contributed by atoms with Crippen molar-refractivity contribution in [2.75, 3.05) is 94.0 Å². The summed E-state index contributed by atoms with van der Waals surface area (Å²) < 4.78 is 141. The van der Waals surface area contributed by atoms with Gasteiger partial charge in [0.2, 0.25) is 11.8 Å². The van der Waals surface area contributed by atoms with Crippen LogP contribution in [0.1, 0.15) is 73.3 Å². The van der Waals surface area contributed by atoms with Crippen molar-refractivity contribution < 1.29 is 92.3 Å². The highest BCUT2D eigenvalue weighted by Crippen LogP contribution is 2.43. The van der Waals surface area contributed by atoms with Crippen molar-refractivity contribution in [1.29, 1.82) is 0 Å². The third kappa shape index (κ3) is 24.0. The smallest absolute Gasteiger partial charge is 0.387 e. The maximum absolute atomic E-state index is 13.3. The Balaban J connectivity index is 0.000000135. The summed E-state index contributed by atoms with van der Waals surface area (Å²) >= 11 is 30.3. The number of piperidine rings is 2. The normalized spacial score (nSPS) is 14.2. The lowest BCUT2D eigenvalue weighted by atomic mass is 10.0. The zero-order valence-corrected chi connectivity index (χ0v) is 79.2. The van der Waals surface area contributed by atoms with Crippen LogP contribution in [0.2, 0.25) is 25.2 Å². The number of benzene rings is 4. The molecule has 4 fully saturated rings. The average Bonchev–Trinajstić information content (AvgIpc) is 1.66. The number of H-pyrrole nitrogens is 2. The molecule has 12 aromatic heterocycles. The number of nitrogens with zero attached hydrogens (tertiary/aromatic N) is 22. The van der Waals surface area contributed by atoms with E-state index in [-0.39, 0.29) is 164 Å². The lowest BCUT2D eigenvalue weighted by molar-refractivity contribution is -0.135. The molecule has 4 aliphatic heterocycles. The van der Waals surface area contributed by atoms with Gasteiger partial charge in [-0.2, -0.15) is 75.9 Å². The molecule has 4 aliphatic rings. The van der Waals surface area contributed by atoms with Crippen LogP contribution in [0.25, 0.3) is 67.6 Å². The number of hydrogen-bond donors (Lipinski definition) is 6. The second-order valence-corrected chi connectivity index (χ2v) is 34.5. The highest BCUT2D eigenvalue weighted by molar-refractivity contribution is 6.32. The first-order valence-electron chi connectivity index (χ1n) is 44.0. The highest BCUT2D eigenvalue weighted by atomic mass is 35.5. The van der Waals surface area contributed by atoms with Crippen molar-refractivity contribution in [2.24, 2.45) is 0 Å². The summed E-state index contributed by atoms with van der Waals surface area (Å²) in [4.78, 5) is 104. The largest absolute Gasteiger partial charge is 0.434 e. The number of carbonyl (C=O) groups excluding carboxylic acids is 6. The van der Waals surface area contributed by atoms with Gasteiger partial charge in [-0.15, -0.1) is 6.42 Å². The number of aromatic nitrogens is 20. The van der Waals surface area contributed by atoms with Gasteiger partial charge in [-0.3, -0.25) is 58.1 Å². The predicted octanol–water partition coefficient (Wildman–Crippen LogP) is 14.7. The minimum Gasteiger partial charge on any atom is -0.434 e. The summed E-state index contributed by atoms with van der Waals surface area (Å²) in [5, 5.41) is 50.7. The number of morpholine rings is 1. The number of ether oxygens (including phenoxy) is 6. The van der Waals surface area contributed by atoms with E-state index in [1.807, 2.05) is 0 Å². The Labute approximate surface area is 839 Å². The fourth-order valence-corrected chi connectivity index (χ4v) is 17.2. The van der Waals surface area contributed by atoms with Crippen LogP contribution < -0.4 is 40.2 Å². The van der Waals surface area contributed by atoms with Gasteiger partial charge in [0.25, 0.3) is 23.6 Å². The van der Waals surface area contributed by atoms with E-state index in [0.717, 1.165) is 65.2 Å². The van der Waals surface area contributed by atoms with E-state index < -0.39 is 50.1 Å². The fourth-order valence-electron chi connectivity index (χ4n) is 16.3. The zero-order chi connectivity index (χ0) is 102. The number of amides is 6. The molecular weight excluding hydrogens is 2020 g/mol. The van der Waals surface area contributed by atoms with E-state index in [1.54, 1.807) is 58.3 Å². The Morgan fingerprint density at radius 1 is 0.448 bits per heavy atom. The molecule has 16 heterocycles. The third-order valence-corrected chi connectivity index (χ3v) is 24.5. The van der Waals surface area contributed by atoms with E-state index in [9.17, 15) is 63.9 Å². The molecule has 0 bridgehead atoms. The van der Waals surface area contributed by atoms with Crippen LogP contribution >= 0.6 is 58.0 Å². The van der Waals surface area contributed by atoms with Crippen LogP contribution in [0.15, 0.2) is 183 Å². The second kappa shape index (κ2) is 45.4. The highest BCUT2D eigenvalue weighted by Gasteiger charge is 2.36. The Kier molecular flexibility index (Phi) is 31.6. The summed E-state index contributed by atoms with van der Waals surface area (Å²) in [6.45, 7) is -5.39. The van der Waals surface area contributed by atoms with Crippen LogP contribution in [0.4, 0.5) is 57.9 Å². The van der Waals surface area contributed by atoms with E-state index >= 15 is 0 Å². The number of halogens is 13. The number of likely N-dealkylation sites (tertiary alicyclic amines) is 2. The number of aromatic amines is 2. The van der Waals surface area contributed by atoms with Crippen LogP contribution in [-0.4, -0.2) is 271 Å². The van der Waals surface area contributed by atoms with E-state index in [1.165, 1.54) is 162 Å². The van der Waals surface area contributed by atoms with Crippen molar-refractivity contribution >= 4 is 139 Å². The molecule has 53 heteroatoms. The van der Waals surface area contributed by atoms with Gasteiger partial charge in [-0.25, -0.2) is 38.0 Å². The van der Waals surface area contributed by atoms with Gasteiger partial charge < -0.3 is 59.5 Å². The summed E-state index contributed by atoms with van der Waals surface area (Å²) in [6, 6.07) is 30.8. The molecule has 0 unspecified atom stereocenters. The molecular formula is C92H79Cl5F8N28O12. The van der Waals surface area contributed by atoms with Crippen molar-refractivity contribution in [3.8, 4) is 80.4 Å². The Bertz CT molecular complexity index is 7260. The Morgan fingerprint density at radius 3 is 1.23 bits per heavy atom. The Hall–Kier alpha value is -15.5. The monoisotopic (exact) mass is 2090 g/mol. The third-order valence-electron chi connectivity index (χ3n) is 23.4. The van der Waals surface area contributed by atoms with Gasteiger partial charge in [-0.1, -0.05) is 58.0 Å². The predicted molar refractivity (Wildman–Crippen MR) is 511 cm³/mol. The Morgan fingerprint density at radius 2 is 0.828 bits per heavy atom. The molecule has 145 heavy (non-hydrogen) atoms. The minimum absolute atomic E-state index is 0.101. The number of nitrogens with one attached hydrogen (secondary N) is 6. The minimum atomic E-state index is -3.11. The summed E-state index contributed by atoms with van der Waals surface area (Å²) in [5.74, 6) is -0.819. The number of hydrogen-bond acceptors (Lipinski definition) is 26.